The van der Waals surface area contributed by atoms with Crippen LogP contribution >= 0.6 is 0 Å². The van der Waals surface area contributed by atoms with Gasteiger partial charge in [0.1, 0.15) is 6.42 Å². The molecule has 47 valence electrons. The van der Waals surface area contributed by atoms with Crippen molar-refractivity contribution in [2.75, 3.05) is 0 Å². The molecule has 0 aromatic heterocycles. The molecule has 0 aromatic carbocycles. The van der Waals surface area contributed by atoms with E-state index in [4.69, 9.17) is 5.11 Å². The summed E-state index contributed by atoms with van der Waals surface area (Å²) in [5, 5.41) is 17.9. The summed E-state index contributed by atoms with van der Waals surface area (Å²) in [7, 11) is 0. The summed E-state index contributed by atoms with van der Waals surface area (Å²) in [5.74, 6) is -0.684. The van der Waals surface area contributed by atoms with Crippen LogP contribution in [0.5, 0.6) is 0 Å². The zero-order chi connectivity index (χ0) is 6.69. The molecule has 0 aliphatic carbocycles. The molecule has 1 radical (unpaired) electrons. The van der Waals surface area contributed by atoms with E-state index in [1.54, 1.807) is 0 Å². The quantitative estimate of drug-likeness (QED) is 0.504. The van der Waals surface area contributed by atoms with E-state index >= 15 is 0 Å². The molecule has 9 heavy (non-hydrogen) atoms. The van der Waals surface area contributed by atoms with Crippen molar-refractivity contribution in [3.8, 4) is 0 Å². The molecule has 0 spiro atoms. The summed E-state index contributed by atoms with van der Waals surface area (Å²) in [6, 6.07) is 0. The molecule has 0 atom stereocenters. The number of carbonyl (C=O) groups is 1. The van der Waals surface area contributed by atoms with Crippen LogP contribution in [0.2, 0.25) is 0 Å². The largest absolute Gasteiger partial charge is 0.481 e. The third-order valence-corrected chi connectivity index (χ3v) is 0.708. The maximum absolute atomic E-state index is 9.95. The van der Waals surface area contributed by atoms with Crippen molar-refractivity contribution >= 4 is 11.8 Å². The fraction of sp³-hybridized carbons (Fsp3) is 0.333. The molecular formula is C3H4N4O2+. The van der Waals surface area contributed by atoms with E-state index in [9.17, 15) is 4.79 Å². The van der Waals surface area contributed by atoms with Crippen LogP contribution in [0.4, 0.5) is 0 Å². The monoisotopic (exact) mass is 128 g/mol. The van der Waals surface area contributed by atoms with Gasteiger partial charge in [-0.2, -0.15) is 0 Å². The number of hydrogen-bond acceptors (Lipinski definition) is 5. The van der Waals surface area contributed by atoms with Gasteiger partial charge in [-0.3, -0.25) is 4.79 Å². The Morgan fingerprint density at radius 1 is 1.89 bits per heavy atom. The minimum absolute atomic E-state index is 0.160. The lowest BCUT2D eigenvalue weighted by molar-refractivity contribution is -0.135. The molecule has 1 aliphatic rings. The molecule has 1 heterocycles. The normalized spacial score (nSPS) is 14.9. The molecule has 0 saturated heterocycles. The highest BCUT2D eigenvalue weighted by atomic mass is 16.4. The van der Waals surface area contributed by atoms with Crippen molar-refractivity contribution < 1.29 is 9.90 Å². The molecule has 0 amide bonds. The predicted molar refractivity (Wildman–Crippen MR) is 27.4 cm³/mol. The van der Waals surface area contributed by atoms with Crippen LogP contribution in [0.25, 0.3) is 0 Å². The zero-order valence-electron chi connectivity index (χ0n) is 4.40. The van der Waals surface area contributed by atoms with Crippen molar-refractivity contribution in [1.82, 2.24) is 10.6 Å². The van der Waals surface area contributed by atoms with Gasteiger partial charge in [-0.25, -0.2) is 0 Å². The van der Waals surface area contributed by atoms with Gasteiger partial charge in [0.25, 0.3) is 5.84 Å². The van der Waals surface area contributed by atoms with Crippen molar-refractivity contribution in [2.45, 2.75) is 6.42 Å². The molecule has 0 aromatic rings. The van der Waals surface area contributed by atoms with Crippen LogP contribution in [0.3, 0.4) is 0 Å². The highest BCUT2D eigenvalue weighted by Gasteiger charge is 2.17. The third kappa shape index (κ3) is 1.48. The zero-order valence-corrected chi connectivity index (χ0v) is 4.40. The Balaban J connectivity index is 2.39. The van der Waals surface area contributed by atoms with Gasteiger partial charge in [0.2, 0.25) is 5.22 Å². The summed E-state index contributed by atoms with van der Waals surface area (Å²) in [5.41, 5.74) is 2.32. The number of amidine groups is 1. The molecule has 0 bridgehead atoms. The Morgan fingerprint density at radius 2 is 2.67 bits per heavy atom. The number of nitrogens with zero attached hydrogens (tertiary/aromatic N) is 3. The topological polar surface area (TPSA) is 88.2 Å². The number of carboxylic acid groups (broad SMARTS) is 1. The van der Waals surface area contributed by atoms with Crippen LogP contribution in [0.15, 0.2) is 10.3 Å². The Kier molecular flexibility index (Phi) is 1.39. The second-order valence-corrected chi connectivity index (χ2v) is 1.42. The Bertz CT molecular complexity index is 184. The lowest BCUT2D eigenvalue weighted by atomic mass is 10.4. The molecular weight excluding hydrogens is 124 g/mol. The highest BCUT2D eigenvalue weighted by molar-refractivity contribution is 5.96. The van der Waals surface area contributed by atoms with Crippen LogP contribution in [-0.4, -0.2) is 16.9 Å². The van der Waals surface area contributed by atoms with Crippen molar-refractivity contribution in [3.05, 3.63) is 0 Å². The summed E-state index contributed by atoms with van der Waals surface area (Å²) in [4.78, 5) is 9.95. The van der Waals surface area contributed by atoms with E-state index in [1.807, 2.05) is 0 Å². The van der Waals surface area contributed by atoms with Crippen molar-refractivity contribution in [2.24, 2.45) is 10.3 Å². The van der Waals surface area contributed by atoms with Gasteiger partial charge in [0.05, 0.1) is 5.10 Å². The minimum atomic E-state index is -0.950. The predicted octanol–water partition coefficient (Wildman–Crippen LogP) is -0.919. The van der Waals surface area contributed by atoms with E-state index in [0.717, 1.165) is 0 Å². The first-order valence-corrected chi connectivity index (χ1v) is 2.23. The smallest absolute Gasteiger partial charge is 0.313 e. The van der Waals surface area contributed by atoms with E-state index < -0.39 is 5.97 Å². The number of hydrogen-bond donors (Lipinski definition) is 2. The molecule has 0 fully saturated rings. The van der Waals surface area contributed by atoms with Gasteiger partial charge in [-0.1, -0.05) is 0 Å². The SMILES string of the molecule is O=C(O)CC1=NN=[N+]N1. The van der Waals surface area contributed by atoms with Crippen LogP contribution in [0.1, 0.15) is 6.42 Å². The number of nitrogens with one attached hydrogen (secondary N) is 1. The maximum atomic E-state index is 9.95. The summed E-state index contributed by atoms with van der Waals surface area (Å²) in [6.45, 7) is 0. The second-order valence-electron chi connectivity index (χ2n) is 1.42. The van der Waals surface area contributed by atoms with Gasteiger partial charge in [-0.05, 0) is 0 Å². The molecule has 6 nitrogen and oxygen atoms in total. The fourth-order valence-corrected chi connectivity index (χ4v) is 0.397. The molecule has 6 heteroatoms. The number of aliphatic carboxylic acids is 1. The molecule has 2 N–H and O–H groups in total. The third-order valence-electron chi connectivity index (χ3n) is 0.708. The Labute approximate surface area is 50.3 Å². The van der Waals surface area contributed by atoms with E-state index in [-0.39, 0.29) is 12.3 Å². The fourth-order valence-electron chi connectivity index (χ4n) is 0.397. The standard InChI is InChI=1S/C3H4N4O2/c8-3(9)1-2-4-6-7-5-2/h1H2,(H,8,9)(H,4,5,6)/q+1. The summed E-state index contributed by atoms with van der Waals surface area (Å²) < 4.78 is 0. The Hall–Kier alpha value is -1.46. The first-order valence-electron chi connectivity index (χ1n) is 2.23. The average molecular weight is 128 g/mol. The molecule has 1 rings (SSSR count). The van der Waals surface area contributed by atoms with Gasteiger partial charge in [0.15, 0.2) is 5.22 Å². The molecule has 0 saturated carbocycles. The van der Waals surface area contributed by atoms with E-state index in [0.29, 0.717) is 0 Å². The van der Waals surface area contributed by atoms with Gasteiger partial charge in [0, 0.05) is 0 Å². The first kappa shape index (κ1) is 5.67. The summed E-state index contributed by atoms with van der Waals surface area (Å²) >= 11 is 0. The average Bonchev–Trinajstić information content (AvgIpc) is 2.15. The lowest BCUT2D eigenvalue weighted by Gasteiger charge is -1.81. The number of rotatable bonds is 2. The van der Waals surface area contributed by atoms with Crippen LogP contribution < -0.4 is 10.6 Å². The second kappa shape index (κ2) is 2.21. The maximum Gasteiger partial charge on any atom is 0.313 e. The van der Waals surface area contributed by atoms with Gasteiger partial charge in [-0.15, -0.1) is 5.43 Å². The molecule has 1 aliphatic heterocycles. The minimum Gasteiger partial charge on any atom is -0.481 e. The van der Waals surface area contributed by atoms with E-state index in [2.05, 4.69) is 21.0 Å². The summed E-state index contributed by atoms with van der Waals surface area (Å²) in [6.07, 6.45) is -0.160. The van der Waals surface area contributed by atoms with Crippen LogP contribution in [-0.2, 0) is 4.79 Å². The van der Waals surface area contributed by atoms with Gasteiger partial charge >= 0.3 is 5.97 Å². The number of carboxylic acids is 1. The first-order chi connectivity index (χ1) is 4.29. The van der Waals surface area contributed by atoms with Crippen molar-refractivity contribution in [1.29, 1.82) is 0 Å². The lowest BCUT2D eigenvalue weighted by Crippen LogP contribution is -2.22. The van der Waals surface area contributed by atoms with Gasteiger partial charge < -0.3 is 5.11 Å². The van der Waals surface area contributed by atoms with Crippen LogP contribution in [0, 0.1) is 0 Å². The van der Waals surface area contributed by atoms with Crippen molar-refractivity contribution in [3.63, 3.8) is 0 Å². The Morgan fingerprint density at radius 3 is 3.11 bits per heavy atom. The molecule has 0 unspecified atom stereocenters. The van der Waals surface area contributed by atoms with E-state index in [1.165, 1.54) is 0 Å². The highest BCUT2D eigenvalue weighted by Crippen LogP contribution is 1.86.